The van der Waals surface area contributed by atoms with Crippen molar-refractivity contribution >= 4 is 17.3 Å². The molecule has 0 radical (unpaired) electrons. The second-order valence-electron chi connectivity index (χ2n) is 3.76. The highest BCUT2D eigenvalue weighted by atomic mass is 32.1. The minimum absolute atomic E-state index is 0.224. The lowest BCUT2D eigenvalue weighted by Crippen LogP contribution is -2.15. The van der Waals surface area contributed by atoms with Crippen LogP contribution in [0.1, 0.15) is 34.1 Å². The van der Waals surface area contributed by atoms with Crippen LogP contribution in [0.5, 0.6) is 0 Å². The summed E-state index contributed by atoms with van der Waals surface area (Å²) in [5.41, 5.74) is 0.971. The molecule has 0 aromatic carbocycles. The Morgan fingerprint density at radius 2 is 2.22 bits per heavy atom. The van der Waals surface area contributed by atoms with Crippen LogP contribution in [-0.4, -0.2) is 32.3 Å². The molecular weight excluding hydrogens is 252 g/mol. The summed E-state index contributed by atoms with van der Waals surface area (Å²) >= 11 is 1.55. The molecule has 2 heterocycles. The van der Waals surface area contributed by atoms with Crippen molar-refractivity contribution in [2.45, 2.75) is 27.3 Å². The number of ether oxygens (including phenoxy) is 1. The Morgan fingerprint density at radius 1 is 1.44 bits per heavy atom. The topological polar surface area (TPSA) is 69.9 Å². The molecule has 0 aliphatic carbocycles. The van der Waals surface area contributed by atoms with Crippen molar-refractivity contribution in [2.24, 2.45) is 0 Å². The lowest BCUT2D eigenvalue weighted by Gasteiger charge is -2.05. The van der Waals surface area contributed by atoms with Crippen LogP contribution in [-0.2, 0) is 11.3 Å². The first-order chi connectivity index (χ1) is 8.61. The van der Waals surface area contributed by atoms with E-state index in [2.05, 4.69) is 15.2 Å². The molecule has 0 atom stereocenters. The quantitative estimate of drug-likeness (QED) is 0.786. The molecule has 0 aliphatic heterocycles. The molecule has 0 saturated heterocycles. The maximum atomic E-state index is 11.7. The largest absolute Gasteiger partial charge is 0.460 e. The van der Waals surface area contributed by atoms with E-state index < -0.39 is 5.97 Å². The Kier molecular flexibility index (Phi) is 3.71. The van der Waals surface area contributed by atoms with E-state index in [4.69, 9.17) is 4.74 Å². The number of carbonyl (C=O) groups excluding carboxylic acids is 1. The van der Waals surface area contributed by atoms with Gasteiger partial charge in [0.05, 0.1) is 13.2 Å². The van der Waals surface area contributed by atoms with Crippen LogP contribution < -0.4 is 0 Å². The molecule has 0 saturated carbocycles. The van der Waals surface area contributed by atoms with Gasteiger partial charge < -0.3 is 4.74 Å². The van der Waals surface area contributed by atoms with Crippen LogP contribution in [0.2, 0.25) is 0 Å². The summed E-state index contributed by atoms with van der Waals surface area (Å²) in [6.45, 7) is 6.31. The number of hydrogen-bond donors (Lipinski definition) is 0. The fraction of sp³-hybridized carbons (Fsp3) is 0.455. The van der Waals surface area contributed by atoms with Crippen molar-refractivity contribution in [1.82, 2.24) is 19.7 Å². The average molecular weight is 266 g/mol. The van der Waals surface area contributed by atoms with E-state index in [0.717, 1.165) is 10.7 Å². The van der Waals surface area contributed by atoms with Gasteiger partial charge in [-0.15, -0.1) is 21.5 Å². The minimum Gasteiger partial charge on any atom is -0.460 e. The highest BCUT2D eigenvalue weighted by Crippen LogP contribution is 2.13. The van der Waals surface area contributed by atoms with E-state index in [1.165, 1.54) is 0 Å². The average Bonchev–Trinajstić information content (AvgIpc) is 2.88. The first kappa shape index (κ1) is 12.7. The molecule has 2 aromatic heterocycles. The normalized spacial score (nSPS) is 10.6. The Hall–Kier alpha value is -1.76. The van der Waals surface area contributed by atoms with Crippen molar-refractivity contribution in [3.63, 3.8) is 0 Å². The molecule has 18 heavy (non-hydrogen) atoms. The van der Waals surface area contributed by atoms with E-state index in [1.807, 2.05) is 12.3 Å². The van der Waals surface area contributed by atoms with Crippen LogP contribution in [0, 0.1) is 13.8 Å². The second kappa shape index (κ2) is 5.26. The number of nitrogens with zero attached hydrogens (tertiary/aromatic N) is 4. The van der Waals surface area contributed by atoms with Crippen molar-refractivity contribution in [2.75, 3.05) is 6.61 Å². The van der Waals surface area contributed by atoms with Crippen molar-refractivity contribution in [3.05, 3.63) is 27.7 Å². The van der Waals surface area contributed by atoms with Crippen LogP contribution in [0.4, 0.5) is 0 Å². The number of thiazole rings is 1. The van der Waals surface area contributed by atoms with Gasteiger partial charge in [-0.25, -0.2) is 9.78 Å². The maximum absolute atomic E-state index is 11.7. The van der Waals surface area contributed by atoms with Gasteiger partial charge in [-0.3, -0.25) is 4.57 Å². The Morgan fingerprint density at radius 3 is 2.83 bits per heavy atom. The maximum Gasteiger partial charge on any atom is 0.376 e. The van der Waals surface area contributed by atoms with Crippen molar-refractivity contribution in [1.29, 1.82) is 0 Å². The highest BCUT2D eigenvalue weighted by molar-refractivity contribution is 7.09. The SMILES string of the molecule is CCOC(=O)c1nnc(C)n1Cc1nc(C)cs1. The van der Waals surface area contributed by atoms with Gasteiger partial charge in [-0.05, 0) is 20.8 Å². The van der Waals surface area contributed by atoms with Gasteiger partial charge >= 0.3 is 5.97 Å². The van der Waals surface area contributed by atoms with Gasteiger partial charge in [-0.2, -0.15) is 0 Å². The summed E-state index contributed by atoms with van der Waals surface area (Å²) in [7, 11) is 0. The summed E-state index contributed by atoms with van der Waals surface area (Å²) in [5, 5.41) is 10.7. The molecule has 0 N–H and O–H groups in total. The molecule has 0 unspecified atom stereocenters. The Balaban J connectivity index is 2.26. The predicted molar refractivity (Wildman–Crippen MR) is 66.7 cm³/mol. The number of rotatable bonds is 4. The van der Waals surface area contributed by atoms with E-state index in [9.17, 15) is 4.79 Å². The summed E-state index contributed by atoms with van der Waals surface area (Å²) in [6, 6.07) is 0. The van der Waals surface area contributed by atoms with Crippen LogP contribution in [0.15, 0.2) is 5.38 Å². The molecule has 0 aliphatic rings. The first-order valence-corrected chi connectivity index (χ1v) is 6.47. The zero-order valence-electron chi connectivity index (χ0n) is 10.5. The van der Waals surface area contributed by atoms with E-state index in [1.54, 1.807) is 29.8 Å². The third-order valence-corrected chi connectivity index (χ3v) is 3.31. The Bertz CT molecular complexity index is 561. The van der Waals surface area contributed by atoms with Gasteiger partial charge in [0, 0.05) is 11.1 Å². The zero-order chi connectivity index (χ0) is 13.1. The van der Waals surface area contributed by atoms with Gasteiger partial charge in [0.15, 0.2) is 0 Å². The molecule has 96 valence electrons. The predicted octanol–water partition coefficient (Wildman–Crippen LogP) is 1.58. The lowest BCUT2D eigenvalue weighted by atomic mass is 10.5. The zero-order valence-corrected chi connectivity index (χ0v) is 11.3. The fourth-order valence-corrected chi connectivity index (χ4v) is 2.29. The highest BCUT2D eigenvalue weighted by Gasteiger charge is 2.18. The molecule has 6 nitrogen and oxygen atoms in total. The minimum atomic E-state index is -0.452. The number of aromatic nitrogens is 4. The molecule has 2 rings (SSSR count). The van der Waals surface area contributed by atoms with Gasteiger partial charge in [0.25, 0.3) is 0 Å². The lowest BCUT2D eigenvalue weighted by molar-refractivity contribution is 0.0506. The van der Waals surface area contributed by atoms with Gasteiger partial charge in [-0.1, -0.05) is 0 Å². The number of carbonyl (C=O) groups is 1. The van der Waals surface area contributed by atoms with E-state index in [-0.39, 0.29) is 5.82 Å². The van der Waals surface area contributed by atoms with Gasteiger partial charge in [0.2, 0.25) is 5.82 Å². The van der Waals surface area contributed by atoms with Gasteiger partial charge in [0.1, 0.15) is 10.8 Å². The first-order valence-electron chi connectivity index (χ1n) is 5.59. The van der Waals surface area contributed by atoms with Crippen molar-refractivity contribution in [3.8, 4) is 0 Å². The van der Waals surface area contributed by atoms with Crippen molar-refractivity contribution < 1.29 is 9.53 Å². The summed E-state index contributed by atoms with van der Waals surface area (Å²) in [5.74, 6) is 0.444. The number of hydrogen-bond acceptors (Lipinski definition) is 6. The van der Waals surface area contributed by atoms with E-state index in [0.29, 0.717) is 19.0 Å². The third-order valence-electron chi connectivity index (χ3n) is 2.35. The molecule has 2 aromatic rings. The van der Waals surface area contributed by atoms with Crippen LogP contribution >= 0.6 is 11.3 Å². The summed E-state index contributed by atoms with van der Waals surface area (Å²) in [4.78, 5) is 16.1. The monoisotopic (exact) mass is 266 g/mol. The molecular formula is C11H14N4O2S. The third kappa shape index (κ3) is 2.56. The molecule has 0 amide bonds. The molecule has 0 spiro atoms. The summed E-state index contributed by atoms with van der Waals surface area (Å²) in [6.07, 6.45) is 0. The standard InChI is InChI=1S/C11H14N4O2S/c1-4-17-11(16)10-14-13-8(3)15(10)5-9-12-7(2)6-18-9/h6H,4-5H2,1-3H3. The smallest absolute Gasteiger partial charge is 0.376 e. The van der Waals surface area contributed by atoms with E-state index >= 15 is 0 Å². The molecule has 0 bridgehead atoms. The Labute approximate surface area is 109 Å². The molecule has 0 fully saturated rings. The number of aryl methyl sites for hydroxylation is 2. The number of esters is 1. The second-order valence-corrected chi connectivity index (χ2v) is 4.70. The van der Waals surface area contributed by atoms with Crippen LogP contribution in [0.25, 0.3) is 0 Å². The summed E-state index contributed by atoms with van der Waals surface area (Å²) < 4.78 is 6.66. The van der Waals surface area contributed by atoms with Crippen LogP contribution in [0.3, 0.4) is 0 Å². The fourth-order valence-electron chi connectivity index (χ4n) is 1.53. The molecule has 7 heteroatoms.